The zero-order valence-electron chi connectivity index (χ0n) is 71.9. The summed E-state index contributed by atoms with van der Waals surface area (Å²) in [6.45, 7) is 49.7. The smallest absolute Gasteiger partial charge is 0.330 e. The Morgan fingerprint density at radius 3 is 1.36 bits per heavy atom. The third-order valence-corrected chi connectivity index (χ3v) is 19.2. The van der Waals surface area contributed by atoms with Gasteiger partial charge in [0.2, 0.25) is 20.0 Å². The second-order valence-corrected chi connectivity index (χ2v) is 33.0. The lowest BCUT2D eigenvalue weighted by atomic mass is 10.1. The van der Waals surface area contributed by atoms with Gasteiger partial charge < -0.3 is 39.0 Å². The van der Waals surface area contributed by atoms with Gasteiger partial charge in [-0.25, -0.2) is 30.7 Å². The molecule has 107 heavy (non-hydrogen) atoms. The Hall–Kier alpha value is -2.19. The van der Waals surface area contributed by atoms with Crippen LogP contribution in [-0.2, 0) is 72.5 Å². The maximum Gasteiger partial charge on any atom is 0.330 e. The Balaban J connectivity index is -0.000000123. The lowest BCUT2D eigenvalue weighted by Gasteiger charge is -2.19. The fraction of sp³-hybridized carbons (Fsp3) is 0.901. The molecule has 20 nitrogen and oxygen atoms in total. The molecule has 0 amide bonds. The number of rotatable bonds is 57. The molecule has 0 heterocycles. The number of hydrogen-bond donors (Lipinski definition) is 3. The predicted octanol–water partition coefficient (Wildman–Crippen LogP) is 20.6. The van der Waals surface area contributed by atoms with Crippen molar-refractivity contribution in [2.24, 2.45) is 0 Å². The molecule has 3 atom stereocenters. The van der Waals surface area contributed by atoms with Crippen LogP contribution in [-0.4, -0.2) is 192 Å². The zero-order valence-corrected chi connectivity index (χ0v) is 77.4. The Morgan fingerprint density at radius 1 is 0.467 bits per heavy atom. The summed E-state index contributed by atoms with van der Waals surface area (Å²) in [5.74, 6) is -0.146. The molecule has 26 heteroatoms. The molecule has 0 aliphatic rings. The fourth-order valence-corrected chi connectivity index (χ4v) is 11.0. The number of Topliss-reactive ketones (excluding diaryl/α,β-unsaturated/α-hetero) is 1. The van der Waals surface area contributed by atoms with Crippen molar-refractivity contribution in [2.75, 3.05) is 110 Å². The number of nitrogens with zero attached hydrogens (tertiary/aromatic N) is 2. The lowest BCUT2D eigenvalue weighted by Crippen LogP contribution is -2.29. The molecule has 0 aliphatic carbocycles. The van der Waals surface area contributed by atoms with E-state index in [0.29, 0.717) is 108 Å². The zero-order chi connectivity index (χ0) is 84.1. The Labute approximate surface area is 683 Å². The summed E-state index contributed by atoms with van der Waals surface area (Å²) in [6.07, 6.45) is 35.6. The van der Waals surface area contributed by atoms with E-state index in [0.717, 1.165) is 70.6 Å². The van der Waals surface area contributed by atoms with Crippen LogP contribution in [0.3, 0.4) is 0 Å². The Bertz CT molecular complexity index is 2040. The molecule has 0 saturated heterocycles. The van der Waals surface area contributed by atoms with Crippen LogP contribution < -0.4 is 10.0 Å². The molecule has 3 unspecified atom stereocenters. The second-order valence-electron chi connectivity index (χ2n) is 25.5. The fourth-order valence-electron chi connectivity index (χ4n) is 7.77. The SMILES string of the molecule is C=CC(=O)OCCCCC.CC(Cl)CCC(C)Br.CCCC(=O)OCCC(=O)CC.CCCC(=O)OCCCCOC(=O)CCCl.CCCCCCC(Cl)CO.CCCCCN(CC)CCCC.CCCCCNCCCC.CCCN(C)S(=O)(=O)CCC.CCCNS(=O)(=O)CCC.CCCOC(=O)CC. The van der Waals surface area contributed by atoms with Crippen LogP contribution in [0.2, 0.25) is 0 Å². The van der Waals surface area contributed by atoms with Gasteiger partial charge in [-0.15, -0.1) is 34.8 Å². The minimum Gasteiger partial charge on any atom is -0.466 e. The van der Waals surface area contributed by atoms with Crippen molar-refractivity contribution < 1.29 is 74.4 Å². The molecular formula is C81H168BrCl3N4O16S2. The maximum absolute atomic E-state index is 11.2. The Kier molecular flexibility index (Phi) is 124. The molecule has 0 radical (unpaired) electrons. The molecule has 3 N–H and O–H groups in total. The largest absolute Gasteiger partial charge is 0.466 e. The van der Waals surface area contributed by atoms with Crippen molar-refractivity contribution in [3.8, 4) is 0 Å². The molecule has 0 aromatic carbocycles. The number of hydrogen-bond acceptors (Lipinski definition) is 18. The first-order chi connectivity index (χ1) is 50.9. The van der Waals surface area contributed by atoms with Crippen LogP contribution in [0.25, 0.3) is 0 Å². The van der Waals surface area contributed by atoms with Crippen molar-refractivity contribution in [3.63, 3.8) is 0 Å². The van der Waals surface area contributed by atoms with Gasteiger partial charge in [-0.1, -0.05) is 217 Å². The van der Waals surface area contributed by atoms with Gasteiger partial charge in [0.25, 0.3) is 0 Å². The van der Waals surface area contributed by atoms with Crippen molar-refractivity contribution in [3.05, 3.63) is 12.7 Å². The van der Waals surface area contributed by atoms with Gasteiger partial charge in [-0.2, -0.15) is 0 Å². The number of aliphatic hydroxyl groups is 1. The van der Waals surface area contributed by atoms with Crippen LogP contribution in [0.1, 0.15) is 349 Å². The normalized spacial score (nSPS) is 11.2. The third kappa shape index (κ3) is 130. The van der Waals surface area contributed by atoms with Gasteiger partial charge in [0, 0.05) is 74.4 Å². The van der Waals surface area contributed by atoms with E-state index in [1.165, 1.54) is 133 Å². The predicted molar refractivity (Wildman–Crippen MR) is 461 cm³/mol. The number of nitrogens with one attached hydrogen (secondary N) is 2. The monoisotopic (exact) mass is 1700 g/mol. The van der Waals surface area contributed by atoms with Crippen LogP contribution in [0.4, 0.5) is 0 Å². The number of alkyl halides is 4. The topological polar surface area (TPSA) is 268 Å². The van der Waals surface area contributed by atoms with Crippen LogP contribution in [0.15, 0.2) is 12.7 Å². The number of ketones is 1. The molecule has 0 aliphatic heterocycles. The van der Waals surface area contributed by atoms with Crippen LogP contribution in [0.5, 0.6) is 0 Å². The molecule has 0 fully saturated rings. The number of carbonyl (C=O) groups excluding carboxylic acids is 6. The minimum absolute atomic E-state index is 0.0168. The van der Waals surface area contributed by atoms with E-state index >= 15 is 0 Å². The highest BCUT2D eigenvalue weighted by Gasteiger charge is 2.15. The number of sulfonamides is 2. The van der Waals surface area contributed by atoms with E-state index in [-0.39, 0.29) is 78.0 Å². The quantitative estimate of drug-likeness (QED) is 0.0168. The van der Waals surface area contributed by atoms with E-state index in [2.05, 4.69) is 92.8 Å². The number of aliphatic hydroxyl groups excluding tert-OH is 1. The first-order valence-electron chi connectivity index (χ1n) is 41.3. The van der Waals surface area contributed by atoms with E-state index < -0.39 is 20.0 Å². The highest BCUT2D eigenvalue weighted by Crippen LogP contribution is 2.12. The molecule has 648 valence electrons. The summed E-state index contributed by atoms with van der Waals surface area (Å²) in [7, 11) is -4.25. The molecule has 0 rings (SSSR count). The van der Waals surface area contributed by atoms with Crippen molar-refractivity contribution in [1.82, 2.24) is 19.2 Å². The van der Waals surface area contributed by atoms with Gasteiger partial charge in [0.1, 0.15) is 5.78 Å². The molecule has 0 saturated carbocycles. The summed E-state index contributed by atoms with van der Waals surface area (Å²) in [5.41, 5.74) is 0. The molecule has 0 spiro atoms. The second kappa shape index (κ2) is 106. The average molecular weight is 1700 g/mol. The first kappa shape index (κ1) is 126. The van der Waals surface area contributed by atoms with Gasteiger partial charge in [0.15, 0.2) is 0 Å². The number of carbonyl (C=O) groups is 6. The first-order valence-corrected chi connectivity index (χ1v) is 46.8. The average Bonchev–Trinajstić information content (AvgIpc) is 0.893. The lowest BCUT2D eigenvalue weighted by molar-refractivity contribution is -0.146. The molecule has 0 aromatic rings. The van der Waals surface area contributed by atoms with Gasteiger partial charge >= 0.3 is 29.8 Å². The summed E-state index contributed by atoms with van der Waals surface area (Å²) >= 11 is 20.2. The molecule has 0 bridgehead atoms. The van der Waals surface area contributed by atoms with Crippen LogP contribution in [0, 0.1) is 0 Å². The summed E-state index contributed by atoms with van der Waals surface area (Å²) in [5, 5.41) is 12.3. The summed E-state index contributed by atoms with van der Waals surface area (Å²) in [6, 6.07) is 0. The number of ether oxygens (including phenoxy) is 5. The summed E-state index contributed by atoms with van der Waals surface area (Å²) in [4.78, 5) is 67.3. The van der Waals surface area contributed by atoms with Gasteiger partial charge in [-0.3, -0.25) is 24.0 Å². The highest BCUT2D eigenvalue weighted by atomic mass is 79.9. The van der Waals surface area contributed by atoms with Crippen molar-refractivity contribution in [2.45, 2.75) is 365 Å². The van der Waals surface area contributed by atoms with Crippen molar-refractivity contribution in [1.29, 1.82) is 0 Å². The summed E-state index contributed by atoms with van der Waals surface area (Å²) < 4.78 is 72.2. The molecular weight excluding hydrogens is 1540 g/mol. The van der Waals surface area contributed by atoms with Gasteiger partial charge in [0.05, 0.1) is 62.9 Å². The van der Waals surface area contributed by atoms with Crippen molar-refractivity contribution >= 4 is 106 Å². The van der Waals surface area contributed by atoms with E-state index in [1.54, 1.807) is 20.9 Å². The Morgan fingerprint density at radius 2 is 0.935 bits per heavy atom. The maximum atomic E-state index is 11.2. The number of unbranched alkanes of at least 4 members (excludes halogenated alkanes) is 12. The van der Waals surface area contributed by atoms with Gasteiger partial charge in [-0.05, 0) is 149 Å². The molecule has 0 aromatic heterocycles. The minimum atomic E-state index is -2.94. The standard InChI is InChI=1S/C11H19ClO4.C11H25N.C9H21N.C9H16O3.C8H17ClO.C8H14O2.C7H17NO2S.C6H12BrCl.C6H15NO2S.C6H12O2/c1-2-5-10(13)15-8-3-4-9-16-11(14)6-7-12;1-4-7-9-11-12(6-3)10-8-5-2;1-3-5-7-9-10-8-6-4-2;1-3-5-9(11)12-7-6-8(10)4-2;1-2-3-4-5-6-8(9)7-10;1-3-5-6-7-10-8(9)4-2;1-4-6-8(3)11(9,10)7-5-2;1-5(7)3-4-6(2)8;1-3-5-7-10(8,9)6-4-2;1-3-5-8-6(7)4-2/h2-9H2,1H3;4-11H2,1-3H3;10H,3-9H2,1-2H3;3-7H2,1-2H3;8,10H,2-7H2,1H3;4H,2-3,5-7H2,1H3;4-7H2,1-3H3;5-6H,3-4H2,1-2H3;7H,3-6H2,1-2H3;3-5H2,1-2H3. The van der Waals surface area contributed by atoms with Crippen LogP contribution >= 0.6 is 50.7 Å². The third-order valence-electron chi connectivity index (χ3n) is 14.3. The number of halogens is 4. The highest BCUT2D eigenvalue weighted by molar-refractivity contribution is 9.09. The number of esters is 5. The van der Waals surface area contributed by atoms with E-state index in [1.807, 2.05) is 55.4 Å². The van der Waals surface area contributed by atoms with E-state index in [9.17, 15) is 45.6 Å². The van der Waals surface area contributed by atoms with E-state index in [4.69, 9.17) is 63.6 Å².